The van der Waals surface area contributed by atoms with E-state index in [1.165, 1.54) is 22.3 Å². The Labute approximate surface area is 216 Å². The van der Waals surface area contributed by atoms with Crippen molar-refractivity contribution in [2.24, 2.45) is 0 Å². The van der Waals surface area contributed by atoms with Crippen LogP contribution in [0.5, 0.6) is 0 Å². The van der Waals surface area contributed by atoms with Crippen LogP contribution in [-0.2, 0) is 24.0 Å². The molecule has 0 aliphatic carbocycles. The molecule has 0 radical (unpaired) electrons. The van der Waals surface area contributed by atoms with Gasteiger partial charge in [0.05, 0.1) is 13.2 Å². The zero-order chi connectivity index (χ0) is 26.1. The molecule has 186 valence electrons. The van der Waals surface area contributed by atoms with Crippen molar-refractivity contribution in [3.63, 3.8) is 0 Å². The third kappa shape index (κ3) is 4.64. The molecule has 2 heteroatoms. The Hall–Kier alpha value is -3.20. The average molecular weight is 479 g/mol. The van der Waals surface area contributed by atoms with E-state index in [-0.39, 0.29) is 24.0 Å². The zero-order valence-corrected chi connectivity index (χ0v) is 22.4. The Bertz CT molecular complexity index is 1240. The first-order valence-electron chi connectivity index (χ1n) is 12.7. The van der Waals surface area contributed by atoms with Gasteiger partial charge in [-0.2, -0.15) is 0 Å². The van der Waals surface area contributed by atoms with Gasteiger partial charge in [0.15, 0.2) is 0 Å². The van der Waals surface area contributed by atoms with Crippen LogP contribution in [0.3, 0.4) is 0 Å². The maximum absolute atomic E-state index is 10.5. The molecule has 0 unspecified atom stereocenters. The molecule has 0 fully saturated rings. The van der Waals surface area contributed by atoms with Gasteiger partial charge in [-0.1, -0.05) is 113 Å². The van der Waals surface area contributed by atoms with Crippen molar-refractivity contribution in [1.82, 2.24) is 0 Å². The Kier molecular flexibility index (Phi) is 7.22. The smallest absolute Gasteiger partial charge is 0.0688 e. The Morgan fingerprint density at radius 3 is 1.14 bits per heavy atom. The summed E-state index contributed by atoms with van der Waals surface area (Å²) >= 11 is 0. The molecule has 0 aliphatic heterocycles. The van der Waals surface area contributed by atoms with Gasteiger partial charge in [-0.05, 0) is 69.5 Å². The van der Waals surface area contributed by atoms with E-state index < -0.39 is 0 Å². The normalized spacial score (nSPS) is 12.1. The van der Waals surface area contributed by atoms with Gasteiger partial charge >= 0.3 is 0 Å². The van der Waals surface area contributed by atoms with E-state index >= 15 is 0 Å². The first kappa shape index (κ1) is 25.9. The van der Waals surface area contributed by atoms with Crippen molar-refractivity contribution in [3.8, 4) is 11.1 Å². The van der Waals surface area contributed by atoms with Crippen LogP contribution in [0.1, 0.15) is 72.2 Å². The van der Waals surface area contributed by atoms with Crippen LogP contribution in [0.4, 0.5) is 0 Å². The second-order valence-electron chi connectivity index (χ2n) is 11.0. The maximum Gasteiger partial charge on any atom is 0.0688 e. The fourth-order valence-electron chi connectivity index (χ4n) is 5.45. The molecule has 2 N–H and O–H groups in total. The standard InChI is InChI=1S/C34H38O2/c1-23-17-29(33(3,4)27-13-9-7-10-14-27)19-25(21-35)31(23)32-24(2)18-30(20-26(32)22-36)34(5,6)28-15-11-8-12-16-28/h7-20,35-36H,21-22H2,1-6H3. The van der Waals surface area contributed by atoms with E-state index in [0.717, 1.165) is 33.4 Å². The molecule has 0 saturated carbocycles. The summed E-state index contributed by atoms with van der Waals surface area (Å²) in [7, 11) is 0. The summed E-state index contributed by atoms with van der Waals surface area (Å²) in [6.07, 6.45) is 0. The van der Waals surface area contributed by atoms with Crippen molar-refractivity contribution < 1.29 is 10.2 Å². The Morgan fingerprint density at radius 2 is 0.833 bits per heavy atom. The van der Waals surface area contributed by atoms with Crippen LogP contribution in [-0.4, -0.2) is 10.2 Å². The molecule has 2 nitrogen and oxygen atoms in total. The molecule has 4 aromatic carbocycles. The fraction of sp³-hybridized carbons (Fsp3) is 0.294. The second-order valence-corrected chi connectivity index (χ2v) is 11.0. The molecule has 36 heavy (non-hydrogen) atoms. The number of aliphatic hydroxyl groups is 2. The van der Waals surface area contributed by atoms with Gasteiger partial charge in [-0.25, -0.2) is 0 Å². The molecule has 0 heterocycles. The lowest BCUT2D eigenvalue weighted by Gasteiger charge is -2.30. The van der Waals surface area contributed by atoms with Crippen LogP contribution < -0.4 is 0 Å². The van der Waals surface area contributed by atoms with Crippen molar-refractivity contribution in [2.45, 2.75) is 65.6 Å². The topological polar surface area (TPSA) is 40.5 Å². The number of hydrogen-bond donors (Lipinski definition) is 2. The predicted octanol–water partition coefficient (Wildman–Crippen LogP) is 7.61. The number of rotatable bonds is 7. The molecule has 0 bridgehead atoms. The fourth-order valence-corrected chi connectivity index (χ4v) is 5.45. The van der Waals surface area contributed by atoms with Gasteiger partial charge in [-0.3, -0.25) is 0 Å². The number of hydrogen-bond acceptors (Lipinski definition) is 2. The van der Waals surface area contributed by atoms with E-state index in [4.69, 9.17) is 0 Å². The van der Waals surface area contributed by atoms with Crippen LogP contribution in [0, 0.1) is 13.8 Å². The lowest BCUT2D eigenvalue weighted by Crippen LogP contribution is -2.20. The van der Waals surface area contributed by atoms with Crippen LogP contribution in [0.15, 0.2) is 84.9 Å². The molecule has 0 aliphatic rings. The first-order chi connectivity index (χ1) is 17.1. The quantitative estimate of drug-likeness (QED) is 0.287. The molecule has 0 amide bonds. The van der Waals surface area contributed by atoms with Gasteiger partial charge in [-0.15, -0.1) is 0 Å². The number of aryl methyl sites for hydroxylation is 2. The summed E-state index contributed by atoms with van der Waals surface area (Å²) in [5, 5.41) is 21.0. The summed E-state index contributed by atoms with van der Waals surface area (Å²) in [6, 6.07) is 29.7. The van der Waals surface area contributed by atoms with Crippen molar-refractivity contribution in [3.05, 3.63) is 129 Å². The molecule has 4 aromatic rings. The Balaban J connectivity index is 1.87. The lowest BCUT2D eigenvalue weighted by molar-refractivity contribution is 0.280. The summed E-state index contributed by atoms with van der Waals surface area (Å²) in [5.74, 6) is 0. The molecular formula is C34H38O2. The van der Waals surface area contributed by atoms with E-state index in [9.17, 15) is 10.2 Å². The number of benzene rings is 4. The molecular weight excluding hydrogens is 440 g/mol. The van der Waals surface area contributed by atoms with Gasteiger partial charge in [0.25, 0.3) is 0 Å². The van der Waals surface area contributed by atoms with Crippen molar-refractivity contribution >= 4 is 0 Å². The summed E-state index contributed by atoms with van der Waals surface area (Å²) in [5.41, 5.74) is 10.5. The van der Waals surface area contributed by atoms with Gasteiger partial charge in [0.2, 0.25) is 0 Å². The first-order valence-corrected chi connectivity index (χ1v) is 12.7. The van der Waals surface area contributed by atoms with E-state index in [1.54, 1.807) is 0 Å². The zero-order valence-electron chi connectivity index (χ0n) is 22.4. The lowest BCUT2D eigenvalue weighted by atomic mass is 9.74. The van der Waals surface area contributed by atoms with Gasteiger partial charge in [0.1, 0.15) is 0 Å². The molecule has 0 saturated heterocycles. The minimum Gasteiger partial charge on any atom is -0.392 e. The summed E-state index contributed by atoms with van der Waals surface area (Å²) < 4.78 is 0. The maximum atomic E-state index is 10.5. The third-order valence-corrected chi connectivity index (χ3v) is 7.86. The van der Waals surface area contributed by atoms with Gasteiger partial charge in [0, 0.05) is 10.8 Å². The molecule has 0 atom stereocenters. The minimum atomic E-state index is -0.201. The SMILES string of the molecule is Cc1cc(C(C)(C)c2ccccc2)cc(CO)c1-c1c(C)cc(C(C)(C)c2ccccc2)cc1CO. The molecule has 0 spiro atoms. The third-order valence-electron chi connectivity index (χ3n) is 7.86. The minimum absolute atomic E-state index is 0.0591. The van der Waals surface area contributed by atoms with Crippen LogP contribution >= 0.6 is 0 Å². The summed E-state index contributed by atoms with van der Waals surface area (Å²) in [6.45, 7) is 13.0. The monoisotopic (exact) mass is 478 g/mol. The summed E-state index contributed by atoms with van der Waals surface area (Å²) in [4.78, 5) is 0. The largest absolute Gasteiger partial charge is 0.392 e. The highest BCUT2D eigenvalue weighted by molar-refractivity contribution is 5.78. The highest BCUT2D eigenvalue weighted by atomic mass is 16.3. The highest BCUT2D eigenvalue weighted by Gasteiger charge is 2.28. The Morgan fingerprint density at radius 1 is 0.500 bits per heavy atom. The molecule has 0 aromatic heterocycles. The van der Waals surface area contributed by atoms with Crippen LogP contribution in [0.2, 0.25) is 0 Å². The number of aliphatic hydroxyl groups excluding tert-OH is 2. The van der Waals surface area contributed by atoms with E-state index in [2.05, 4.69) is 114 Å². The predicted molar refractivity (Wildman–Crippen MR) is 150 cm³/mol. The van der Waals surface area contributed by atoms with Crippen molar-refractivity contribution in [2.75, 3.05) is 0 Å². The van der Waals surface area contributed by atoms with Crippen LogP contribution in [0.25, 0.3) is 11.1 Å². The van der Waals surface area contributed by atoms with Gasteiger partial charge < -0.3 is 10.2 Å². The average Bonchev–Trinajstić information content (AvgIpc) is 2.89. The highest BCUT2D eigenvalue weighted by Crippen LogP contribution is 2.41. The van der Waals surface area contributed by atoms with E-state index in [1.807, 2.05) is 12.1 Å². The molecule has 4 rings (SSSR count). The second kappa shape index (κ2) is 10.0. The van der Waals surface area contributed by atoms with E-state index in [0.29, 0.717) is 0 Å². The van der Waals surface area contributed by atoms with Crippen molar-refractivity contribution in [1.29, 1.82) is 0 Å².